The van der Waals surface area contributed by atoms with Crippen LogP contribution in [0.2, 0.25) is 0 Å². The molecule has 2 fully saturated rings. The Kier molecular flexibility index (Phi) is 3.95. The quantitative estimate of drug-likeness (QED) is 0.863. The first-order valence-corrected chi connectivity index (χ1v) is 7.56. The van der Waals surface area contributed by atoms with Gasteiger partial charge >= 0.3 is 0 Å². The number of aliphatic hydroxyl groups is 1. The van der Waals surface area contributed by atoms with Crippen molar-refractivity contribution in [3.63, 3.8) is 0 Å². The second-order valence-corrected chi connectivity index (χ2v) is 6.14. The average molecular weight is 292 g/mol. The molecule has 1 aliphatic heterocycles. The Hall–Kier alpha value is -1.46. The molecule has 3 rings (SSSR count). The molecule has 2 N–H and O–H groups in total. The van der Waals surface area contributed by atoms with Gasteiger partial charge in [-0.05, 0) is 43.4 Å². The van der Waals surface area contributed by atoms with Crippen LogP contribution in [0.5, 0.6) is 0 Å². The number of hydrogen-bond acceptors (Lipinski definition) is 3. The average Bonchev–Trinajstić information content (AvgIpc) is 3.29. The van der Waals surface area contributed by atoms with Gasteiger partial charge in [0.05, 0.1) is 0 Å². The van der Waals surface area contributed by atoms with Crippen molar-refractivity contribution in [2.45, 2.75) is 43.9 Å². The van der Waals surface area contributed by atoms with Gasteiger partial charge in [-0.1, -0.05) is 12.1 Å². The van der Waals surface area contributed by atoms with Crippen molar-refractivity contribution in [2.75, 3.05) is 13.1 Å². The summed E-state index contributed by atoms with van der Waals surface area (Å²) in [5.41, 5.74) is -0.412. The molecule has 1 amide bonds. The van der Waals surface area contributed by atoms with Crippen LogP contribution < -0.4 is 5.32 Å². The summed E-state index contributed by atoms with van der Waals surface area (Å²) in [6, 6.07) is 6.61. The fourth-order valence-corrected chi connectivity index (χ4v) is 2.79. The lowest BCUT2D eigenvalue weighted by Gasteiger charge is -2.38. The van der Waals surface area contributed by atoms with Crippen molar-refractivity contribution in [3.8, 4) is 0 Å². The van der Waals surface area contributed by atoms with E-state index in [1.807, 2.05) is 0 Å². The van der Waals surface area contributed by atoms with Crippen LogP contribution in [0.1, 0.15) is 31.2 Å². The van der Waals surface area contributed by atoms with Gasteiger partial charge in [0.2, 0.25) is 0 Å². The number of amides is 1. The van der Waals surface area contributed by atoms with E-state index in [-0.39, 0.29) is 11.7 Å². The van der Waals surface area contributed by atoms with Crippen LogP contribution in [0.25, 0.3) is 0 Å². The van der Waals surface area contributed by atoms with Crippen LogP contribution in [0, 0.1) is 5.82 Å². The van der Waals surface area contributed by atoms with Gasteiger partial charge in [0.1, 0.15) is 5.82 Å². The summed E-state index contributed by atoms with van der Waals surface area (Å²) in [5.74, 6) is -0.500. The van der Waals surface area contributed by atoms with E-state index < -0.39 is 5.60 Å². The summed E-state index contributed by atoms with van der Waals surface area (Å²) in [5, 5.41) is 13.8. The molecule has 2 aliphatic rings. The van der Waals surface area contributed by atoms with E-state index in [0.29, 0.717) is 32.1 Å². The van der Waals surface area contributed by atoms with Gasteiger partial charge in [-0.2, -0.15) is 0 Å². The molecule has 1 aromatic carbocycles. The minimum Gasteiger partial charge on any atom is -0.379 e. The van der Waals surface area contributed by atoms with Crippen LogP contribution in [0.4, 0.5) is 4.39 Å². The molecule has 4 nitrogen and oxygen atoms in total. The number of halogens is 1. The number of nitrogens with zero attached hydrogens (tertiary/aromatic N) is 1. The zero-order valence-corrected chi connectivity index (χ0v) is 12.0. The first kappa shape index (κ1) is 14.5. The smallest absolute Gasteiger partial charge is 0.256 e. The minimum absolute atomic E-state index is 0.216. The molecule has 1 unspecified atom stereocenters. The lowest BCUT2D eigenvalue weighted by atomic mass is 9.91. The van der Waals surface area contributed by atoms with Crippen LogP contribution >= 0.6 is 0 Å². The molecule has 0 bridgehead atoms. The summed E-state index contributed by atoms with van der Waals surface area (Å²) >= 11 is 0. The third-order valence-electron chi connectivity index (χ3n) is 4.25. The SMILES string of the molecule is O=C1N(Cc2ccc(F)cc2)CCCC1(O)CNC1CC1. The highest BCUT2D eigenvalue weighted by atomic mass is 19.1. The molecule has 1 saturated heterocycles. The Balaban J connectivity index is 1.64. The van der Waals surface area contributed by atoms with E-state index in [0.717, 1.165) is 24.8 Å². The minimum atomic E-state index is -1.29. The van der Waals surface area contributed by atoms with Gasteiger partial charge < -0.3 is 15.3 Å². The number of piperidine rings is 1. The van der Waals surface area contributed by atoms with E-state index in [9.17, 15) is 14.3 Å². The molecular weight excluding hydrogens is 271 g/mol. The number of likely N-dealkylation sites (tertiary alicyclic amines) is 1. The van der Waals surface area contributed by atoms with Gasteiger partial charge in [-0.15, -0.1) is 0 Å². The summed E-state index contributed by atoms with van der Waals surface area (Å²) < 4.78 is 12.9. The van der Waals surface area contributed by atoms with E-state index in [1.54, 1.807) is 17.0 Å². The molecule has 1 atom stereocenters. The van der Waals surface area contributed by atoms with Crippen molar-refractivity contribution >= 4 is 5.91 Å². The van der Waals surface area contributed by atoms with Crippen molar-refractivity contribution in [1.29, 1.82) is 0 Å². The number of rotatable bonds is 5. The number of carbonyl (C=O) groups excluding carboxylic acids is 1. The van der Waals surface area contributed by atoms with E-state index in [2.05, 4.69) is 5.32 Å². The maximum atomic E-state index is 12.9. The maximum absolute atomic E-state index is 12.9. The number of hydrogen-bond donors (Lipinski definition) is 2. The third kappa shape index (κ3) is 3.41. The molecule has 0 aromatic heterocycles. The Morgan fingerprint density at radius 3 is 2.71 bits per heavy atom. The van der Waals surface area contributed by atoms with Crippen molar-refractivity contribution < 1.29 is 14.3 Å². The first-order chi connectivity index (χ1) is 10.1. The molecular formula is C16H21FN2O2. The number of nitrogens with one attached hydrogen (secondary N) is 1. The van der Waals surface area contributed by atoms with Crippen LogP contribution in [-0.2, 0) is 11.3 Å². The molecule has 1 aromatic rings. The predicted octanol–water partition coefficient (Wildman–Crippen LogP) is 1.43. The van der Waals surface area contributed by atoms with E-state index in [4.69, 9.17) is 0 Å². The van der Waals surface area contributed by atoms with Gasteiger partial charge in [0.25, 0.3) is 5.91 Å². The molecule has 5 heteroatoms. The summed E-state index contributed by atoms with van der Waals surface area (Å²) in [6.45, 7) is 1.39. The lowest BCUT2D eigenvalue weighted by molar-refractivity contribution is -0.157. The molecule has 0 spiro atoms. The maximum Gasteiger partial charge on any atom is 0.256 e. The predicted molar refractivity (Wildman–Crippen MR) is 77.0 cm³/mol. The number of benzene rings is 1. The highest BCUT2D eigenvalue weighted by Crippen LogP contribution is 2.26. The monoisotopic (exact) mass is 292 g/mol. The van der Waals surface area contributed by atoms with Crippen LogP contribution in [-0.4, -0.2) is 40.6 Å². The lowest BCUT2D eigenvalue weighted by Crippen LogP contribution is -2.57. The first-order valence-electron chi connectivity index (χ1n) is 7.56. The molecule has 1 heterocycles. The van der Waals surface area contributed by atoms with Crippen molar-refractivity contribution in [1.82, 2.24) is 10.2 Å². The Morgan fingerprint density at radius 2 is 2.05 bits per heavy atom. The third-order valence-corrected chi connectivity index (χ3v) is 4.25. The zero-order chi connectivity index (χ0) is 14.9. The topological polar surface area (TPSA) is 52.6 Å². The van der Waals surface area contributed by atoms with Crippen molar-refractivity contribution in [2.24, 2.45) is 0 Å². The Morgan fingerprint density at radius 1 is 1.33 bits per heavy atom. The molecule has 1 saturated carbocycles. The second kappa shape index (κ2) is 5.73. The van der Waals surface area contributed by atoms with Gasteiger partial charge in [0, 0.05) is 25.7 Å². The summed E-state index contributed by atoms with van der Waals surface area (Å²) in [6.07, 6.45) is 3.55. The molecule has 21 heavy (non-hydrogen) atoms. The second-order valence-electron chi connectivity index (χ2n) is 6.14. The highest BCUT2D eigenvalue weighted by molar-refractivity contribution is 5.86. The van der Waals surface area contributed by atoms with Gasteiger partial charge in [0.15, 0.2) is 5.60 Å². The molecule has 0 radical (unpaired) electrons. The largest absolute Gasteiger partial charge is 0.379 e. The summed E-state index contributed by atoms with van der Waals surface area (Å²) in [4.78, 5) is 14.2. The van der Waals surface area contributed by atoms with Crippen molar-refractivity contribution in [3.05, 3.63) is 35.6 Å². The van der Waals surface area contributed by atoms with Crippen LogP contribution in [0.15, 0.2) is 24.3 Å². The molecule has 114 valence electrons. The number of carbonyl (C=O) groups is 1. The van der Waals surface area contributed by atoms with Gasteiger partial charge in [-0.25, -0.2) is 4.39 Å². The Bertz CT molecular complexity index is 516. The normalized spacial score (nSPS) is 26.2. The molecule has 1 aliphatic carbocycles. The van der Waals surface area contributed by atoms with Crippen LogP contribution in [0.3, 0.4) is 0 Å². The summed E-state index contributed by atoms with van der Waals surface area (Å²) in [7, 11) is 0. The standard InChI is InChI=1S/C16H21FN2O2/c17-13-4-2-12(3-5-13)10-19-9-1-8-16(21,15(19)20)11-18-14-6-7-14/h2-5,14,18,21H,1,6-11H2. The highest BCUT2D eigenvalue weighted by Gasteiger charge is 2.42. The van der Waals surface area contributed by atoms with E-state index in [1.165, 1.54) is 12.1 Å². The Labute approximate surface area is 124 Å². The van der Waals surface area contributed by atoms with Gasteiger partial charge in [-0.3, -0.25) is 4.79 Å². The van der Waals surface area contributed by atoms with E-state index >= 15 is 0 Å². The fraction of sp³-hybridized carbons (Fsp3) is 0.562. The fourth-order valence-electron chi connectivity index (χ4n) is 2.79. The zero-order valence-electron chi connectivity index (χ0n) is 12.0.